The Hall–Kier alpha value is -1.36. The number of hydrogen-bond donors (Lipinski definition) is 2. The van der Waals surface area contributed by atoms with Gasteiger partial charge in [-0.25, -0.2) is 0 Å². The van der Waals surface area contributed by atoms with Crippen LogP contribution in [0.1, 0.15) is 29.5 Å². The van der Waals surface area contributed by atoms with E-state index in [0.29, 0.717) is 6.61 Å². The smallest absolute Gasteiger partial charge is 0.124 e. The molecule has 4 heteroatoms. The van der Waals surface area contributed by atoms with E-state index in [1.165, 1.54) is 11.1 Å². The second-order valence-corrected chi connectivity index (χ2v) is 6.55. The minimum Gasteiger partial charge on any atom is -0.489 e. The molecule has 124 valence electrons. The van der Waals surface area contributed by atoms with Crippen molar-refractivity contribution >= 4 is 15.9 Å². The van der Waals surface area contributed by atoms with Gasteiger partial charge in [-0.1, -0.05) is 45.8 Å². The van der Waals surface area contributed by atoms with Crippen LogP contribution in [-0.2, 0) is 13.2 Å². The number of aliphatic hydroxyl groups excluding tert-OH is 1. The van der Waals surface area contributed by atoms with Crippen LogP contribution >= 0.6 is 15.9 Å². The minimum atomic E-state index is 0.253. The number of hydrogen-bond acceptors (Lipinski definition) is 3. The van der Waals surface area contributed by atoms with Crippen LogP contribution in [0.5, 0.6) is 5.75 Å². The molecule has 0 saturated carbocycles. The molecular formula is C19H24BrNO2. The standard InChI is InChI=1S/C19H24BrNO2/c1-15-4-6-16(7-5-15)14-23-19-9-8-18(20)12-17(19)13-21-10-2-3-11-22/h4-9,12,21-22H,2-3,10-11,13-14H2,1H3. The maximum Gasteiger partial charge on any atom is 0.124 e. The Bertz CT molecular complexity index is 599. The van der Waals surface area contributed by atoms with Crippen LogP contribution in [0.2, 0.25) is 0 Å². The zero-order valence-electron chi connectivity index (χ0n) is 13.5. The van der Waals surface area contributed by atoms with Gasteiger partial charge in [0, 0.05) is 23.2 Å². The van der Waals surface area contributed by atoms with Crippen molar-refractivity contribution in [2.45, 2.75) is 32.9 Å². The fourth-order valence-corrected chi connectivity index (χ4v) is 2.67. The van der Waals surface area contributed by atoms with E-state index < -0.39 is 0 Å². The third kappa shape index (κ3) is 6.34. The van der Waals surface area contributed by atoms with Crippen LogP contribution < -0.4 is 10.1 Å². The van der Waals surface area contributed by atoms with E-state index in [-0.39, 0.29) is 6.61 Å². The third-order valence-corrected chi connectivity index (χ3v) is 4.11. The van der Waals surface area contributed by atoms with Crippen molar-refractivity contribution in [2.75, 3.05) is 13.2 Å². The number of ether oxygens (including phenoxy) is 1. The summed E-state index contributed by atoms with van der Waals surface area (Å²) in [6.45, 7) is 4.56. The molecular weight excluding hydrogens is 354 g/mol. The van der Waals surface area contributed by atoms with E-state index in [1.54, 1.807) is 0 Å². The molecule has 23 heavy (non-hydrogen) atoms. The summed E-state index contributed by atoms with van der Waals surface area (Å²) in [7, 11) is 0. The third-order valence-electron chi connectivity index (χ3n) is 3.61. The molecule has 0 radical (unpaired) electrons. The SMILES string of the molecule is Cc1ccc(COc2ccc(Br)cc2CNCCCCO)cc1. The summed E-state index contributed by atoms with van der Waals surface area (Å²) < 4.78 is 7.04. The molecule has 0 saturated heterocycles. The fourth-order valence-electron chi connectivity index (χ4n) is 2.26. The Morgan fingerprint density at radius 3 is 2.61 bits per heavy atom. The number of unbranched alkanes of at least 4 members (excludes halogenated alkanes) is 1. The summed E-state index contributed by atoms with van der Waals surface area (Å²) in [6, 6.07) is 14.5. The molecule has 2 aromatic rings. The molecule has 2 N–H and O–H groups in total. The van der Waals surface area contributed by atoms with Gasteiger partial charge in [-0.15, -0.1) is 0 Å². The predicted molar refractivity (Wildman–Crippen MR) is 97.7 cm³/mol. The lowest BCUT2D eigenvalue weighted by molar-refractivity contribution is 0.283. The molecule has 0 spiro atoms. The molecule has 0 aliphatic heterocycles. The Morgan fingerprint density at radius 1 is 1.09 bits per heavy atom. The minimum absolute atomic E-state index is 0.253. The molecule has 0 aromatic heterocycles. The lowest BCUT2D eigenvalue weighted by Gasteiger charge is -2.13. The molecule has 0 unspecified atom stereocenters. The van der Waals surface area contributed by atoms with Gasteiger partial charge in [0.15, 0.2) is 0 Å². The second kappa shape index (κ2) is 9.71. The van der Waals surface area contributed by atoms with E-state index in [9.17, 15) is 0 Å². The van der Waals surface area contributed by atoms with Crippen LogP contribution in [0.15, 0.2) is 46.9 Å². The molecule has 0 amide bonds. The van der Waals surface area contributed by atoms with Crippen molar-refractivity contribution in [1.29, 1.82) is 0 Å². The number of nitrogens with one attached hydrogen (secondary N) is 1. The number of rotatable bonds is 9. The van der Waals surface area contributed by atoms with Crippen LogP contribution in [0.25, 0.3) is 0 Å². The van der Waals surface area contributed by atoms with Gasteiger partial charge in [-0.2, -0.15) is 0 Å². The van der Waals surface area contributed by atoms with E-state index in [0.717, 1.165) is 41.7 Å². The normalized spacial score (nSPS) is 10.7. The Labute approximate surface area is 146 Å². The van der Waals surface area contributed by atoms with Gasteiger partial charge >= 0.3 is 0 Å². The zero-order chi connectivity index (χ0) is 16.5. The highest BCUT2D eigenvalue weighted by Gasteiger charge is 2.05. The number of halogens is 1. The van der Waals surface area contributed by atoms with Gasteiger partial charge in [0.05, 0.1) is 0 Å². The first-order chi connectivity index (χ1) is 11.2. The molecule has 0 bridgehead atoms. The molecule has 2 rings (SSSR count). The maximum atomic E-state index is 8.80. The summed E-state index contributed by atoms with van der Waals surface area (Å²) in [5.74, 6) is 0.906. The second-order valence-electron chi connectivity index (χ2n) is 5.63. The quantitative estimate of drug-likeness (QED) is 0.643. The van der Waals surface area contributed by atoms with Crippen molar-refractivity contribution in [3.8, 4) is 5.75 Å². The van der Waals surface area contributed by atoms with E-state index in [2.05, 4.69) is 58.5 Å². The van der Waals surface area contributed by atoms with Crippen molar-refractivity contribution in [3.05, 3.63) is 63.6 Å². The molecule has 0 aliphatic rings. The first kappa shape index (κ1) is 18.0. The Balaban J connectivity index is 1.93. The molecule has 0 atom stereocenters. The maximum absolute atomic E-state index is 8.80. The van der Waals surface area contributed by atoms with E-state index >= 15 is 0 Å². The van der Waals surface area contributed by atoms with Crippen LogP contribution in [0.4, 0.5) is 0 Å². The molecule has 0 fully saturated rings. The van der Waals surface area contributed by atoms with Crippen molar-refractivity contribution in [3.63, 3.8) is 0 Å². The average molecular weight is 378 g/mol. The van der Waals surface area contributed by atoms with Gasteiger partial charge in [-0.05, 0) is 50.1 Å². The van der Waals surface area contributed by atoms with Gasteiger partial charge in [-0.3, -0.25) is 0 Å². The van der Waals surface area contributed by atoms with Crippen LogP contribution in [-0.4, -0.2) is 18.3 Å². The largest absolute Gasteiger partial charge is 0.489 e. The van der Waals surface area contributed by atoms with Gasteiger partial charge in [0.25, 0.3) is 0 Å². The summed E-state index contributed by atoms with van der Waals surface area (Å²) >= 11 is 3.52. The first-order valence-corrected chi connectivity index (χ1v) is 8.76. The van der Waals surface area contributed by atoms with Gasteiger partial charge in [0.1, 0.15) is 12.4 Å². The molecule has 2 aromatic carbocycles. The highest BCUT2D eigenvalue weighted by Crippen LogP contribution is 2.24. The highest BCUT2D eigenvalue weighted by molar-refractivity contribution is 9.10. The first-order valence-electron chi connectivity index (χ1n) is 7.97. The van der Waals surface area contributed by atoms with Crippen LogP contribution in [0.3, 0.4) is 0 Å². The Kier molecular flexibility index (Phi) is 7.59. The summed E-state index contributed by atoms with van der Waals surface area (Å²) in [4.78, 5) is 0. The van der Waals surface area contributed by atoms with Gasteiger partial charge in [0.2, 0.25) is 0 Å². The molecule has 0 heterocycles. The number of aliphatic hydroxyl groups is 1. The Morgan fingerprint density at radius 2 is 1.87 bits per heavy atom. The summed E-state index contributed by atoms with van der Waals surface area (Å²) in [5, 5.41) is 12.2. The summed E-state index contributed by atoms with van der Waals surface area (Å²) in [6.07, 6.45) is 1.81. The number of benzene rings is 2. The molecule has 0 aliphatic carbocycles. The highest BCUT2D eigenvalue weighted by atomic mass is 79.9. The van der Waals surface area contributed by atoms with Crippen molar-refractivity contribution < 1.29 is 9.84 Å². The van der Waals surface area contributed by atoms with Gasteiger partial charge < -0.3 is 15.2 Å². The van der Waals surface area contributed by atoms with Crippen molar-refractivity contribution in [1.82, 2.24) is 5.32 Å². The van der Waals surface area contributed by atoms with Crippen LogP contribution in [0, 0.1) is 6.92 Å². The lowest BCUT2D eigenvalue weighted by atomic mass is 10.1. The van der Waals surface area contributed by atoms with Crippen molar-refractivity contribution in [2.24, 2.45) is 0 Å². The zero-order valence-corrected chi connectivity index (χ0v) is 15.1. The number of aryl methyl sites for hydroxylation is 1. The topological polar surface area (TPSA) is 41.5 Å². The van der Waals surface area contributed by atoms with E-state index in [4.69, 9.17) is 9.84 Å². The average Bonchev–Trinajstić information content (AvgIpc) is 2.55. The summed E-state index contributed by atoms with van der Waals surface area (Å²) in [5.41, 5.74) is 3.56. The fraction of sp³-hybridized carbons (Fsp3) is 0.368. The lowest BCUT2D eigenvalue weighted by Crippen LogP contribution is -2.15. The predicted octanol–water partition coefficient (Wildman–Crippen LogP) is 4.20. The molecule has 3 nitrogen and oxygen atoms in total. The van der Waals surface area contributed by atoms with E-state index in [1.807, 2.05) is 12.1 Å². The monoisotopic (exact) mass is 377 g/mol.